The molecule has 1 fully saturated rings. The number of aliphatic hydroxyl groups excluding tert-OH is 1. The normalized spacial score (nSPS) is 19.8. The molecule has 110 valence electrons. The molecule has 0 bridgehead atoms. The number of phenols is 1. The third kappa shape index (κ3) is 3.17. The average molecular weight is 282 g/mol. The minimum absolute atomic E-state index is 0.0850. The first-order chi connectivity index (χ1) is 9.51. The lowest BCUT2D eigenvalue weighted by molar-refractivity contribution is -0.385. The molecule has 1 aliphatic rings. The van der Waals surface area contributed by atoms with E-state index in [1.54, 1.807) is 0 Å². The molecule has 7 heteroatoms. The first kappa shape index (κ1) is 14.5. The van der Waals surface area contributed by atoms with Crippen LogP contribution in [0.15, 0.2) is 12.1 Å². The molecule has 0 amide bonds. The van der Waals surface area contributed by atoms with Crippen molar-refractivity contribution in [1.29, 1.82) is 0 Å². The molecule has 1 aromatic carbocycles. The van der Waals surface area contributed by atoms with Gasteiger partial charge in [-0.15, -0.1) is 0 Å². The number of methoxy groups -OCH3 is 1. The molecule has 1 saturated heterocycles. The summed E-state index contributed by atoms with van der Waals surface area (Å²) in [4.78, 5) is 12.3. The van der Waals surface area contributed by atoms with Gasteiger partial charge in [0.05, 0.1) is 24.2 Å². The SMILES string of the molecule is COc1cc([N+](=O)[O-])cc(CN2CCC[C@@H](O)C2)c1O. The number of aliphatic hydroxyl groups is 1. The highest BCUT2D eigenvalue weighted by Gasteiger charge is 2.22. The molecule has 2 rings (SSSR count). The molecule has 1 atom stereocenters. The highest BCUT2D eigenvalue weighted by atomic mass is 16.6. The molecule has 2 N–H and O–H groups in total. The second-order valence-electron chi connectivity index (χ2n) is 4.94. The van der Waals surface area contributed by atoms with Crippen LogP contribution in [-0.2, 0) is 6.54 Å². The summed E-state index contributed by atoms with van der Waals surface area (Å²) in [6.45, 7) is 1.65. The molecule has 1 heterocycles. The van der Waals surface area contributed by atoms with E-state index < -0.39 is 4.92 Å². The molecule has 0 spiro atoms. The predicted molar refractivity (Wildman–Crippen MR) is 71.8 cm³/mol. The number of aromatic hydroxyl groups is 1. The van der Waals surface area contributed by atoms with Crippen LogP contribution in [0.25, 0.3) is 0 Å². The van der Waals surface area contributed by atoms with Crippen LogP contribution >= 0.6 is 0 Å². The topological polar surface area (TPSA) is 96.1 Å². The van der Waals surface area contributed by atoms with Gasteiger partial charge < -0.3 is 14.9 Å². The number of hydrogen-bond donors (Lipinski definition) is 2. The monoisotopic (exact) mass is 282 g/mol. The summed E-state index contributed by atoms with van der Waals surface area (Å²) in [5, 5.41) is 30.6. The maximum absolute atomic E-state index is 10.9. The van der Waals surface area contributed by atoms with Crippen LogP contribution in [-0.4, -0.2) is 46.3 Å². The Hall–Kier alpha value is -1.86. The smallest absolute Gasteiger partial charge is 0.273 e. The molecule has 20 heavy (non-hydrogen) atoms. The van der Waals surface area contributed by atoms with Crippen LogP contribution in [0.4, 0.5) is 5.69 Å². The van der Waals surface area contributed by atoms with Gasteiger partial charge in [-0.25, -0.2) is 0 Å². The lowest BCUT2D eigenvalue weighted by atomic mass is 10.1. The van der Waals surface area contributed by atoms with Crippen molar-refractivity contribution in [2.24, 2.45) is 0 Å². The van der Waals surface area contributed by atoms with E-state index >= 15 is 0 Å². The van der Waals surface area contributed by atoms with E-state index in [1.807, 2.05) is 4.90 Å². The molecule has 7 nitrogen and oxygen atoms in total. The summed E-state index contributed by atoms with van der Waals surface area (Å²) in [7, 11) is 1.35. The molecular formula is C13H18N2O5. The fraction of sp³-hybridized carbons (Fsp3) is 0.538. The van der Waals surface area contributed by atoms with Crippen LogP contribution in [0, 0.1) is 10.1 Å². The van der Waals surface area contributed by atoms with Crippen molar-refractivity contribution >= 4 is 5.69 Å². The van der Waals surface area contributed by atoms with Gasteiger partial charge in [-0.05, 0) is 19.4 Å². The van der Waals surface area contributed by atoms with E-state index in [0.717, 1.165) is 19.4 Å². The third-order valence-corrected chi connectivity index (χ3v) is 3.44. The molecule has 1 aromatic rings. The number of non-ortho nitro benzene ring substituents is 1. The number of benzene rings is 1. The number of ether oxygens (including phenoxy) is 1. The minimum atomic E-state index is -0.517. The van der Waals surface area contributed by atoms with E-state index in [1.165, 1.54) is 19.2 Å². The quantitative estimate of drug-likeness (QED) is 0.637. The fourth-order valence-corrected chi connectivity index (χ4v) is 2.45. The van der Waals surface area contributed by atoms with Gasteiger partial charge in [0, 0.05) is 24.7 Å². The lowest BCUT2D eigenvalue weighted by Crippen LogP contribution is -2.37. The van der Waals surface area contributed by atoms with E-state index in [-0.39, 0.29) is 23.3 Å². The Labute approximate surface area is 116 Å². The van der Waals surface area contributed by atoms with Gasteiger partial charge in [0.15, 0.2) is 11.5 Å². The first-order valence-corrected chi connectivity index (χ1v) is 6.46. The molecule has 0 unspecified atom stereocenters. The van der Waals surface area contributed by atoms with Gasteiger partial charge in [-0.2, -0.15) is 0 Å². The second-order valence-corrected chi connectivity index (χ2v) is 4.94. The predicted octanol–water partition coefficient (Wildman–Crippen LogP) is 1.27. The first-order valence-electron chi connectivity index (χ1n) is 6.46. The zero-order valence-electron chi connectivity index (χ0n) is 11.3. The Bertz CT molecular complexity index is 506. The van der Waals surface area contributed by atoms with E-state index in [0.29, 0.717) is 18.7 Å². The lowest BCUT2D eigenvalue weighted by Gasteiger charge is -2.30. The zero-order chi connectivity index (χ0) is 14.7. The maximum Gasteiger partial charge on any atom is 0.273 e. The Morgan fingerprint density at radius 1 is 1.55 bits per heavy atom. The van der Waals surface area contributed by atoms with Gasteiger partial charge in [-0.3, -0.25) is 15.0 Å². The zero-order valence-corrected chi connectivity index (χ0v) is 11.3. The number of rotatable bonds is 4. The molecule has 0 aliphatic carbocycles. The number of likely N-dealkylation sites (tertiary alicyclic amines) is 1. The van der Waals surface area contributed by atoms with E-state index in [2.05, 4.69) is 0 Å². The summed E-state index contributed by atoms with van der Waals surface area (Å²) in [5.41, 5.74) is 0.317. The van der Waals surface area contributed by atoms with E-state index in [4.69, 9.17) is 4.74 Å². The van der Waals surface area contributed by atoms with Crippen molar-refractivity contribution in [3.8, 4) is 11.5 Å². The summed E-state index contributed by atoms with van der Waals surface area (Å²) in [6, 6.07) is 2.54. The third-order valence-electron chi connectivity index (χ3n) is 3.44. The Morgan fingerprint density at radius 2 is 2.30 bits per heavy atom. The number of hydrogen-bond acceptors (Lipinski definition) is 6. The molecule has 0 saturated carbocycles. The number of nitrogens with zero attached hydrogens (tertiary/aromatic N) is 2. The largest absolute Gasteiger partial charge is 0.504 e. The van der Waals surface area contributed by atoms with Crippen molar-refractivity contribution in [2.45, 2.75) is 25.5 Å². The van der Waals surface area contributed by atoms with Gasteiger partial charge in [0.25, 0.3) is 5.69 Å². The summed E-state index contributed by atoms with van der Waals surface area (Å²) in [6.07, 6.45) is 1.25. The van der Waals surface area contributed by atoms with E-state index in [9.17, 15) is 20.3 Å². The number of nitro groups is 1. The summed E-state index contributed by atoms with van der Waals surface area (Å²) in [5.74, 6) is 0.00456. The maximum atomic E-state index is 10.9. The van der Waals surface area contributed by atoms with Gasteiger partial charge in [0.2, 0.25) is 0 Å². The second kappa shape index (κ2) is 6.06. The number of β-amino-alcohol motifs (C(OH)–C–C–N with tert-alkyl or cyclic N) is 1. The van der Waals surface area contributed by atoms with Crippen LogP contribution in [0.1, 0.15) is 18.4 Å². The van der Waals surface area contributed by atoms with Gasteiger partial charge in [0.1, 0.15) is 0 Å². The van der Waals surface area contributed by atoms with Crippen molar-refractivity contribution < 1.29 is 19.9 Å². The van der Waals surface area contributed by atoms with Crippen molar-refractivity contribution in [3.63, 3.8) is 0 Å². The molecule has 0 radical (unpaired) electrons. The molecule has 0 aromatic heterocycles. The highest BCUT2D eigenvalue weighted by molar-refractivity contribution is 5.53. The van der Waals surface area contributed by atoms with Gasteiger partial charge >= 0.3 is 0 Å². The Kier molecular flexibility index (Phi) is 4.41. The summed E-state index contributed by atoms with van der Waals surface area (Å²) >= 11 is 0. The summed E-state index contributed by atoms with van der Waals surface area (Å²) < 4.78 is 4.96. The van der Waals surface area contributed by atoms with Gasteiger partial charge in [-0.1, -0.05) is 0 Å². The number of nitro benzene ring substituents is 1. The number of piperidine rings is 1. The Balaban J connectivity index is 2.25. The standard InChI is InChI=1S/C13H18N2O5/c1-20-12-6-10(15(18)19)5-9(13(12)17)7-14-4-2-3-11(16)8-14/h5-6,11,16-17H,2-4,7-8H2,1H3/t11-/m1/s1. The number of phenolic OH excluding ortho intramolecular Hbond substituents is 1. The minimum Gasteiger partial charge on any atom is -0.504 e. The average Bonchev–Trinajstić information content (AvgIpc) is 2.41. The molecular weight excluding hydrogens is 264 g/mol. The van der Waals surface area contributed by atoms with Crippen molar-refractivity contribution in [1.82, 2.24) is 4.90 Å². The Morgan fingerprint density at radius 3 is 2.90 bits per heavy atom. The molecule has 1 aliphatic heterocycles. The highest BCUT2D eigenvalue weighted by Crippen LogP contribution is 2.35. The fourth-order valence-electron chi connectivity index (χ4n) is 2.45. The van der Waals surface area contributed by atoms with Crippen LogP contribution in [0.3, 0.4) is 0 Å². The van der Waals surface area contributed by atoms with Crippen LogP contribution < -0.4 is 4.74 Å². The van der Waals surface area contributed by atoms with Crippen LogP contribution in [0.2, 0.25) is 0 Å². The van der Waals surface area contributed by atoms with Crippen molar-refractivity contribution in [2.75, 3.05) is 20.2 Å². The van der Waals surface area contributed by atoms with Crippen molar-refractivity contribution in [3.05, 3.63) is 27.8 Å². The van der Waals surface area contributed by atoms with Crippen LogP contribution in [0.5, 0.6) is 11.5 Å².